The normalized spacial score (nSPS) is 15.5. The van der Waals surface area contributed by atoms with Crippen molar-refractivity contribution in [2.75, 3.05) is 7.11 Å². The molecule has 4 heteroatoms. The van der Waals surface area contributed by atoms with Crippen molar-refractivity contribution in [3.8, 4) is 17.4 Å². The molecular weight excluding hydrogens is 218 g/mol. The molecule has 0 aliphatic heterocycles. The average Bonchev–Trinajstić information content (AvgIpc) is 3.02. The lowest BCUT2D eigenvalue weighted by Gasteiger charge is -2.24. The van der Waals surface area contributed by atoms with Crippen LogP contribution < -0.4 is 14.2 Å². The third kappa shape index (κ3) is 3.25. The van der Waals surface area contributed by atoms with Crippen molar-refractivity contribution in [1.82, 2.24) is 4.98 Å². The van der Waals surface area contributed by atoms with Crippen LogP contribution in [0.4, 0.5) is 0 Å². The van der Waals surface area contributed by atoms with E-state index in [0.717, 1.165) is 12.8 Å². The molecule has 0 unspecified atom stereocenters. The number of pyridine rings is 1. The minimum atomic E-state index is -0.308. The highest BCUT2D eigenvalue weighted by Gasteiger charge is 2.27. The van der Waals surface area contributed by atoms with E-state index in [4.69, 9.17) is 14.2 Å². The zero-order valence-corrected chi connectivity index (χ0v) is 10.8. The molecule has 1 aliphatic carbocycles. The lowest BCUT2D eigenvalue weighted by atomic mass is 10.2. The molecule has 1 aromatic heterocycles. The van der Waals surface area contributed by atoms with Gasteiger partial charge in [0.2, 0.25) is 5.75 Å². The zero-order chi connectivity index (χ0) is 12.5. The fourth-order valence-corrected chi connectivity index (χ4v) is 1.42. The van der Waals surface area contributed by atoms with Gasteiger partial charge in [-0.05, 0) is 33.6 Å². The summed E-state index contributed by atoms with van der Waals surface area (Å²) < 4.78 is 16.9. The van der Waals surface area contributed by atoms with E-state index in [0.29, 0.717) is 23.5 Å². The Bertz CT molecular complexity index is 394. The minimum Gasteiger partial charge on any atom is -0.486 e. The van der Waals surface area contributed by atoms with Crippen LogP contribution in [0.1, 0.15) is 33.6 Å². The van der Waals surface area contributed by atoms with Crippen molar-refractivity contribution >= 4 is 0 Å². The van der Waals surface area contributed by atoms with Gasteiger partial charge in [0, 0.05) is 12.3 Å². The molecule has 1 saturated carbocycles. The van der Waals surface area contributed by atoms with Crippen LogP contribution in [-0.2, 0) is 0 Å². The Morgan fingerprint density at radius 2 is 2.00 bits per heavy atom. The van der Waals surface area contributed by atoms with Gasteiger partial charge in [0.25, 0.3) is 5.88 Å². The van der Waals surface area contributed by atoms with E-state index in [1.807, 2.05) is 26.8 Å². The second kappa shape index (κ2) is 4.43. The molecule has 0 N–H and O–H groups in total. The monoisotopic (exact) mass is 237 g/mol. The van der Waals surface area contributed by atoms with Gasteiger partial charge >= 0.3 is 0 Å². The van der Waals surface area contributed by atoms with Crippen molar-refractivity contribution in [3.63, 3.8) is 0 Å². The van der Waals surface area contributed by atoms with Crippen LogP contribution in [0.5, 0.6) is 17.4 Å². The third-order valence-electron chi connectivity index (χ3n) is 2.26. The summed E-state index contributed by atoms with van der Waals surface area (Å²) in [7, 11) is 1.58. The second-order valence-electron chi connectivity index (χ2n) is 5.18. The summed E-state index contributed by atoms with van der Waals surface area (Å²) in [6.45, 7) is 5.96. The molecule has 1 fully saturated rings. The Balaban J connectivity index is 2.28. The lowest BCUT2D eigenvalue weighted by molar-refractivity contribution is 0.116. The maximum Gasteiger partial charge on any atom is 0.260 e. The summed E-state index contributed by atoms with van der Waals surface area (Å²) in [4.78, 5) is 4.14. The number of hydrogen-bond acceptors (Lipinski definition) is 4. The number of nitrogens with zero attached hydrogens (tertiary/aromatic N) is 1. The Morgan fingerprint density at radius 3 is 2.53 bits per heavy atom. The van der Waals surface area contributed by atoms with Gasteiger partial charge < -0.3 is 14.2 Å². The minimum absolute atomic E-state index is 0.308. The molecule has 0 amide bonds. The van der Waals surface area contributed by atoms with Gasteiger partial charge in [-0.15, -0.1) is 0 Å². The van der Waals surface area contributed by atoms with E-state index in [9.17, 15) is 0 Å². The van der Waals surface area contributed by atoms with Gasteiger partial charge in [-0.2, -0.15) is 0 Å². The van der Waals surface area contributed by atoms with Crippen LogP contribution in [0, 0.1) is 0 Å². The summed E-state index contributed by atoms with van der Waals surface area (Å²) in [6.07, 6.45) is 4.22. The highest BCUT2D eigenvalue weighted by atomic mass is 16.6. The predicted octanol–water partition coefficient (Wildman–Crippen LogP) is 2.81. The SMILES string of the molecule is COc1nccc(OC2CC2)c1OC(C)(C)C. The van der Waals surface area contributed by atoms with Gasteiger partial charge in [-0.25, -0.2) is 4.98 Å². The topological polar surface area (TPSA) is 40.6 Å². The summed E-state index contributed by atoms with van der Waals surface area (Å²) in [5.74, 6) is 1.78. The molecule has 1 heterocycles. The highest BCUT2D eigenvalue weighted by Crippen LogP contribution is 2.40. The van der Waals surface area contributed by atoms with Gasteiger partial charge in [-0.3, -0.25) is 0 Å². The van der Waals surface area contributed by atoms with Crippen molar-refractivity contribution in [3.05, 3.63) is 12.3 Å². The molecule has 0 spiro atoms. The Kier molecular flexibility index (Phi) is 3.13. The van der Waals surface area contributed by atoms with Gasteiger partial charge in [0.1, 0.15) is 5.60 Å². The molecule has 0 saturated heterocycles. The Labute approximate surface area is 102 Å². The summed E-state index contributed by atoms with van der Waals surface area (Å²) in [6, 6.07) is 1.82. The average molecular weight is 237 g/mol. The van der Waals surface area contributed by atoms with E-state index < -0.39 is 0 Å². The molecule has 2 rings (SSSR count). The van der Waals surface area contributed by atoms with E-state index in [-0.39, 0.29) is 5.60 Å². The van der Waals surface area contributed by atoms with Crippen molar-refractivity contribution in [2.24, 2.45) is 0 Å². The molecule has 0 atom stereocenters. The van der Waals surface area contributed by atoms with Crippen molar-refractivity contribution in [1.29, 1.82) is 0 Å². The maximum absolute atomic E-state index is 5.87. The first-order chi connectivity index (χ1) is 7.99. The molecule has 0 radical (unpaired) electrons. The van der Waals surface area contributed by atoms with Crippen LogP contribution in [0.3, 0.4) is 0 Å². The molecule has 0 bridgehead atoms. The molecule has 17 heavy (non-hydrogen) atoms. The maximum atomic E-state index is 5.87. The number of methoxy groups -OCH3 is 1. The predicted molar refractivity (Wildman–Crippen MR) is 64.8 cm³/mol. The molecule has 1 aliphatic rings. The number of aromatic nitrogens is 1. The van der Waals surface area contributed by atoms with E-state index in [1.165, 1.54) is 0 Å². The molecule has 1 aromatic rings. The quantitative estimate of drug-likeness (QED) is 0.807. The number of ether oxygens (including phenoxy) is 3. The smallest absolute Gasteiger partial charge is 0.260 e. The fraction of sp³-hybridized carbons (Fsp3) is 0.615. The third-order valence-corrected chi connectivity index (χ3v) is 2.26. The van der Waals surface area contributed by atoms with Crippen LogP contribution in [0.2, 0.25) is 0 Å². The van der Waals surface area contributed by atoms with E-state index in [1.54, 1.807) is 13.3 Å². The van der Waals surface area contributed by atoms with Crippen LogP contribution >= 0.6 is 0 Å². The number of rotatable bonds is 4. The van der Waals surface area contributed by atoms with E-state index >= 15 is 0 Å². The first-order valence-electron chi connectivity index (χ1n) is 5.88. The van der Waals surface area contributed by atoms with E-state index in [2.05, 4.69) is 4.98 Å². The van der Waals surface area contributed by atoms with Crippen LogP contribution in [0.25, 0.3) is 0 Å². The molecule has 4 nitrogen and oxygen atoms in total. The zero-order valence-electron chi connectivity index (χ0n) is 10.8. The first kappa shape index (κ1) is 12.0. The Hall–Kier alpha value is -1.45. The number of hydrogen-bond donors (Lipinski definition) is 0. The summed E-state index contributed by atoms with van der Waals surface area (Å²) in [5.41, 5.74) is -0.308. The van der Waals surface area contributed by atoms with Gasteiger partial charge in [-0.1, -0.05) is 0 Å². The molecule has 0 aromatic carbocycles. The largest absolute Gasteiger partial charge is 0.486 e. The summed E-state index contributed by atoms with van der Waals surface area (Å²) >= 11 is 0. The molecular formula is C13H19NO3. The molecule has 94 valence electrons. The lowest BCUT2D eigenvalue weighted by Crippen LogP contribution is -2.24. The second-order valence-corrected chi connectivity index (χ2v) is 5.18. The van der Waals surface area contributed by atoms with Crippen molar-refractivity contribution in [2.45, 2.75) is 45.3 Å². The standard InChI is InChI=1S/C13H19NO3/c1-13(2,3)17-11-10(16-9-5-6-9)7-8-14-12(11)15-4/h7-9H,5-6H2,1-4H3. The van der Waals surface area contributed by atoms with Gasteiger partial charge in [0.05, 0.1) is 13.2 Å². The van der Waals surface area contributed by atoms with Crippen LogP contribution in [0.15, 0.2) is 12.3 Å². The summed E-state index contributed by atoms with van der Waals surface area (Å²) in [5, 5.41) is 0. The first-order valence-corrected chi connectivity index (χ1v) is 5.88. The Morgan fingerprint density at radius 1 is 1.29 bits per heavy atom. The van der Waals surface area contributed by atoms with Crippen molar-refractivity contribution < 1.29 is 14.2 Å². The fourth-order valence-electron chi connectivity index (χ4n) is 1.42. The van der Waals surface area contributed by atoms with Gasteiger partial charge in [0.15, 0.2) is 5.75 Å². The van der Waals surface area contributed by atoms with Crippen LogP contribution in [-0.4, -0.2) is 23.8 Å². The highest BCUT2D eigenvalue weighted by molar-refractivity contribution is 5.47.